The standard InChI is InChI=1S/C21H25FN8O.HI/c1-2-23-21(27-15-9-13-30(14-15)19-16(22)6-5-11-25-19)26-12-8-18-28-20(31-29-18)17-7-3-4-10-24-17;/h3-7,10-11,15H,2,8-9,12-14H2,1H3,(H2,23,26,27);1H. The number of aromatic nitrogens is 4. The van der Waals surface area contributed by atoms with Crippen molar-refractivity contribution in [1.29, 1.82) is 0 Å². The molecule has 0 aromatic carbocycles. The van der Waals surface area contributed by atoms with Crippen LogP contribution in [-0.4, -0.2) is 58.3 Å². The van der Waals surface area contributed by atoms with Gasteiger partial charge in [0.15, 0.2) is 23.4 Å². The van der Waals surface area contributed by atoms with Gasteiger partial charge in [-0.15, -0.1) is 24.0 Å². The van der Waals surface area contributed by atoms with E-state index in [4.69, 9.17) is 4.52 Å². The van der Waals surface area contributed by atoms with Gasteiger partial charge in [-0.1, -0.05) is 11.2 Å². The first-order chi connectivity index (χ1) is 15.2. The summed E-state index contributed by atoms with van der Waals surface area (Å²) in [4.78, 5) is 19.3. The zero-order valence-electron chi connectivity index (χ0n) is 17.7. The van der Waals surface area contributed by atoms with Gasteiger partial charge in [0.25, 0.3) is 5.89 Å². The van der Waals surface area contributed by atoms with Crippen molar-refractivity contribution in [2.45, 2.75) is 25.8 Å². The molecule has 1 aliphatic rings. The molecule has 2 N–H and O–H groups in total. The average Bonchev–Trinajstić information content (AvgIpc) is 3.45. The minimum Gasteiger partial charge on any atom is -0.357 e. The molecule has 4 rings (SSSR count). The van der Waals surface area contributed by atoms with E-state index < -0.39 is 0 Å². The minimum absolute atomic E-state index is 0. The minimum atomic E-state index is -0.297. The van der Waals surface area contributed by atoms with Gasteiger partial charge in [0, 0.05) is 51.0 Å². The van der Waals surface area contributed by atoms with Crippen molar-refractivity contribution in [3.63, 3.8) is 0 Å². The van der Waals surface area contributed by atoms with Crippen LogP contribution in [0.15, 0.2) is 52.2 Å². The third-order valence-electron chi connectivity index (χ3n) is 4.87. The van der Waals surface area contributed by atoms with Gasteiger partial charge < -0.3 is 20.1 Å². The summed E-state index contributed by atoms with van der Waals surface area (Å²) in [7, 11) is 0. The molecule has 0 radical (unpaired) electrons. The fraction of sp³-hybridized carbons (Fsp3) is 0.381. The second-order valence-electron chi connectivity index (χ2n) is 7.13. The molecule has 1 aliphatic heterocycles. The predicted octanol–water partition coefficient (Wildman–Crippen LogP) is 2.66. The first kappa shape index (κ1) is 23.8. The van der Waals surface area contributed by atoms with Gasteiger partial charge in [-0.05, 0) is 37.6 Å². The number of aliphatic imine (C=N–C) groups is 1. The van der Waals surface area contributed by atoms with Crippen LogP contribution in [-0.2, 0) is 6.42 Å². The Kier molecular flexibility index (Phi) is 8.71. The van der Waals surface area contributed by atoms with E-state index in [1.54, 1.807) is 18.5 Å². The molecule has 0 saturated carbocycles. The van der Waals surface area contributed by atoms with E-state index in [9.17, 15) is 4.39 Å². The fourth-order valence-corrected chi connectivity index (χ4v) is 3.41. The first-order valence-electron chi connectivity index (χ1n) is 10.4. The van der Waals surface area contributed by atoms with E-state index in [0.29, 0.717) is 48.7 Å². The third-order valence-corrected chi connectivity index (χ3v) is 4.87. The fourth-order valence-electron chi connectivity index (χ4n) is 3.41. The summed E-state index contributed by atoms with van der Waals surface area (Å²) in [6.07, 6.45) is 4.72. The summed E-state index contributed by atoms with van der Waals surface area (Å²) in [5.74, 6) is 1.79. The Labute approximate surface area is 203 Å². The number of pyridine rings is 2. The van der Waals surface area contributed by atoms with Crippen molar-refractivity contribution in [3.05, 3.63) is 54.4 Å². The summed E-state index contributed by atoms with van der Waals surface area (Å²) in [6, 6.07) is 8.72. The second-order valence-corrected chi connectivity index (χ2v) is 7.13. The van der Waals surface area contributed by atoms with Crippen molar-refractivity contribution in [1.82, 2.24) is 30.7 Å². The number of hydrogen-bond donors (Lipinski definition) is 2. The number of hydrogen-bond acceptors (Lipinski definition) is 7. The van der Waals surface area contributed by atoms with Crippen LogP contribution in [0.1, 0.15) is 19.2 Å². The summed E-state index contributed by atoms with van der Waals surface area (Å²) in [6.45, 7) is 4.66. The largest absolute Gasteiger partial charge is 0.357 e. The zero-order chi connectivity index (χ0) is 21.5. The van der Waals surface area contributed by atoms with E-state index in [-0.39, 0.29) is 35.8 Å². The van der Waals surface area contributed by atoms with Crippen molar-refractivity contribution in [3.8, 4) is 11.6 Å². The Bertz CT molecular complexity index is 1020. The van der Waals surface area contributed by atoms with Crippen LogP contribution in [0.4, 0.5) is 10.2 Å². The lowest BCUT2D eigenvalue weighted by molar-refractivity contribution is 0.421. The smallest absolute Gasteiger partial charge is 0.276 e. The highest BCUT2D eigenvalue weighted by atomic mass is 127. The summed E-state index contributed by atoms with van der Waals surface area (Å²) >= 11 is 0. The lowest BCUT2D eigenvalue weighted by Gasteiger charge is -2.19. The summed E-state index contributed by atoms with van der Waals surface area (Å²) in [5.41, 5.74) is 0.648. The highest BCUT2D eigenvalue weighted by Gasteiger charge is 2.25. The zero-order valence-corrected chi connectivity index (χ0v) is 20.1. The molecule has 3 aromatic rings. The molecule has 4 heterocycles. The van der Waals surface area contributed by atoms with Crippen LogP contribution in [0.5, 0.6) is 0 Å². The van der Waals surface area contributed by atoms with E-state index in [2.05, 4.69) is 35.7 Å². The molecule has 1 saturated heterocycles. The Hall–Kier alpha value is -2.83. The molecular weight excluding hydrogens is 526 g/mol. The van der Waals surface area contributed by atoms with Crippen molar-refractivity contribution in [2.24, 2.45) is 4.99 Å². The van der Waals surface area contributed by atoms with Gasteiger partial charge in [0.2, 0.25) is 0 Å². The molecule has 0 amide bonds. The highest BCUT2D eigenvalue weighted by Crippen LogP contribution is 2.20. The maximum Gasteiger partial charge on any atom is 0.276 e. The van der Waals surface area contributed by atoms with E-state index in [0.717, 1.165) is 19.5 Å². The number of halogens is 2. The van der Waals surface area contributed by atoms with Crippen molar-refractivity contribution < 1.29 is 8.91 Å². The van der Waals surface area contributed by atoms with Crippen LogP contribution >= 0.6 is 24.0 Å². The highest BCUT2D eigenvalue weighted by molar-refractivity contribution is 14.0. The lowest BCUT2D eigenvalue weighted by atomic mass is 10.3. The molecular formula is C21H26FIN8O. The van der Waals surface area contributed by atoms with E-state index in [1.807, 2.05) is 30.0 Å². The molecule has 32 heavy (non-hydrogen) atoms. The Balaban J connectivity index is 0.00000289. The van der Waals surface area contributed by atoms with Crippen LogP contribution < -0.4 is 15.5 Å². The number of nitrogens with zero attached hydrogens (tertiary/aromatic N) is 6. The van der Waals surface area contributed by atoms with Crippen molar-refractivity contribution >= 4 is 35.8 Å². The van der Waals surface area contributed by atoms with Gasteiger partial charge in [-0.25, -0.2) is 9.37 Å². The number of rotatable bonds is 7. The monoisotopic (exact) mass is 552 g/mol. The number of nitrogens with one attached hydrogen (secondary N) is 2. The van der Waals surface area contributed by atoms with Gasteiger partial charge >= 0.3 is 0 Å². The molecule has 3 aromatic heterocycles. The Morgan fingerprint density at radius 3 is 2.91 bits per heavy atom. The van der Waals surface area contributed by atoms with Gasteiger partial charge in [-0.2, -0.15) is 4.98 Å². The van der Waals surface area contributed by atoms with Gasteiger partial charge in [-0.3, -0.25) is 9.98 Å². The predicted molar refractivity (Wildman–Crippen MR) is 131 cm³/mol. The quantitative estimate of drug-likeness (QED) is 0.262. The van der Waals surface area contributed by atoms with E-state index in [1.165, 1.54) is 6.07 Å². The summed E-state index contributed by atoms with van der Waals surface area (Å²) < 4.78 is 19.3. The summed E-state index contributed by atoms with van der Waals surface area (Å²) in [5, 5.41) is 10.7. The Morgan fingerprint density at radius 2 is 2.12 bits per heavy atom. The topological polar surface area (TPSA) is 104 Å². The molecule has 11 heteroatoms. The van der Waals surface area contributed by atoms with Crippen LogP contribution in [0.2, 0.25) is 0 Å². The molecule has 0 spiro atoms. The SMILES string of the molecule is CCNC(=NCCc1noc(-c2ccccn2)n1)NC1CCN(c2ncccc2F)C1.I. The van der Waals surface area contributed by atoms with Gasteiger partial charge in [0.05, 0.1) is 0 Å². The van der Waals surface area contributed by atoms with E-state index >= 15 is 0 Å². The molecule has 0 bridgehead atoms. The van der Waals surface area contributed by atoms with Crippen LogP contribution in [0.3, 0.4) is 0 Å². The van der Waals surface area contributed by atoms with Crippen molar-refractivity contribution in [2.75, 3.05) is 31.1 Å². The Morgan fingerprint density at radius 1 is 1.25 bits per heavy atom. The molecule has 1 fully saturated rings. The number of anilines is 1. The van der Waals surface area contributed by atoms with Crippen LogP contribution in [0, 0.1) is 5.82 Å². The number of guanidine groups is 1. The molecule has 9 nitrogen and oxygen atoms in total. The molecule has 0 aliphatic carbocycles. The maximum absolute atomic E-state index is 14.0. The average molecular weight is 552 g/mol. The molecule has 1 atom stereocenters. The lowest BCUT2D eigenvalue weighted by Crippen LogP contribution is -2.44. The van der Waals surface area contributed by atoms with Gasteiger partial charge in [0.1, 0.15) is 5.69 Å². The maximum atomic E-state index is 14.0. The third kappa shape index (κ3) is 6.11. The molecule has 170 valence electrons. The first-order valence-corrected chi connectivity index (χ1v) is 10.4. The second kappa shape index (κ2) is 11.7. The molecule has 1 unspecified atom stereocenters. The normalized spacial score (nSPS) is 16.0. The van der Waals surface area contributed by atoms with Crippen LogP contribution in [0.25, 0.3) is 11.6 Å².